The number of nitrogens with zero attached hydrogens (tertiary/aromatic N) is 3. The van der Waals surface area contributed by atoms with Gasteiger partial charge in [-0.2, -0.15) is 0 Å². The Bertz CT molecular complexity index is 684. The number of piperazine rings is 1. The lowest BCUT2D eigenvalue weighted by Crippen LogP contribution is -2.48. The fourth-order valence-electron chi connectivity index (χ4n) is 2.58. The standard InChI is InChI=1S/C15H21F2N3O3S/c1-18-8-10-19(11-9-18)14(21)6-7-20(24(2,22)23)15-12(16)4-3-5-13(15)17/h3-5H,6-11H2,1-2H3. The van der Waals surface area contributed by atoms with E-state index in [0.29, 0.717) is 17.4 Å². The summed E-state index contributed by atoms with van der Waals surface area (Å²) in [6, 6.07) is 3.13. The zero-order valence-corrected chi connectivity index (χ0v) is 14.5. The van der Waals surface area contributed by atoms with Gasteiger partial charge in [0.1, 0.15) is 5.69 Å². The van der Waals surface area contributed by atoms with E-state index in [1.54, 1.807) is 4.90 Å². The number of carbonyl (C=O) groups excluding carboxylic acids is 1. The summed E-state index contributed by atoms with van der Waals surface area (Å²) in [4.78, 5) is 16.0. The lowest BCUT2D eigenvalue weighted by atomic mass is 10.2. The molecule has 0 unspecified atom stereocenters. The van der Waals surface area contributed by atoms with Crippen LogP contribution >= 0.6 is 0 Å². The summed E-state index contributed by atoms with van der Waals surface area (Å²) in [5.41, 5.74) is -0.647. The Morgan fingerprint density at radius 2 is 1.71 bits per heavy atom. The first kappa shape index (κ1) is 18.6. The molecule has 0 aliphatic carbocycles. The smallest absolute Gasteiger partial charge is 0.232 e. The molecule has 0 radical (unpaired) electrons. The van der Waals surface area contributed by atoms with E-state index >= 15 is 0 Å². The summed E-state index contributed by atoms with van der Waals surface area (Å²) in [6.45, 7) is 2.29. The van der Waals surface area contributed by atoms with Crippen LogP contribution < -0.4 is 4.31 Å². The largest absolute Gasteiger partial charge is 0.340 e. The van der Waals surface area contributed by atoms with Crippen LogP contribution in [-0.4, -0.2) is 70.2 Å². The fraction of sp³-hybridized carbons (Fsp3) is 0.533. The van der Waals surface area contributed by atoms with Crippen molar-refractivity contribution >= 4 is 21.6 Å². The van der Waals surface area contributed by atoms with Gasteiger partial charge in [0.25, 0.3) is 0 Å². The lowest BCUT2D eigenvalue weighted by Gasteiger charge is -2.33. The van der Waals surface area contributed by atoms with Gasteiger partial charge >= 0.3 is 0 Å². The summed E-state index contributed by atoms with van der Waals surface area (Å²) in [5, 5.41) is 0. The van der Waals surface area contributed by atoms with Crippen molar-refractivity contribution < 1.29 is 22.0 Å². The highest BCUT2D eigenvalue weighted by Crippen LogP contribution is 2.25. The number of halogens is 2. The van der Waals surface area contributed by atoms with Crippen molar-refractivity contribution in [1.82, 2.24) is 9.80 Å². The molecule has 9 heteroatoms. The molecule has 0 aromatic heterocycles. The van der Waals surface area contributed by atoms with Gasteiger partial charge < -0.3 is 9.80 Å². The first-order valence-electron chi connectivity index (χ1n) is 7.58. The van der Waals surface area contributed by atoms with Gasteiger partial charge in [-0.1, -0.05) is 6.07 Å². The van der Waals surface area contributed by atoms with Crippen molar-refractivity contribution in [2.75, 3.05) is 50.3 Å². The van der Waals surface area contributed by atoms with Crippen molar-refractivity contribution in [2.24, 2.45) is 0 Å². The Kier molecular flexibility index (Phi) is 5.76. The molecule has 1 aromatic carbocycles. The van der Waals surface area contributed by atoms with E-state index < -0.39 is 27.3 Å². The molecule has 1 amide bonds. The summed E-state index contributed by atoms with van der Waals surface area (Å²) in [5.74, 6) is -2.19. The topological polar surface area (TPSA) is 60.9 Å². The molecule has 134 valence electrons. The molecule has 0 bridgehead atoms. The van der Waals surface area contributed by atoms with Gasteiger partial charge in [0, 0.05) is 39.1 Å². The number of likely N-dealkylation sites (N-methyl/N-ethyl adjacent to an activating group) is 1. The van der Waals surface area contributed by atoms with E-state index in [1.807, 2.05) is 7.05 Å². The highest BCUT2D eigenvalue weighted by atomic mass is 32.2. The van der Waals surface area contributed by atoms with E-state index in [0.717, 1.165) is 37.5 Å². The molecular weight excluding hydrogens is 340 g/mol. The van der Waals surface area contributed by atoms with Crippen LogP contribution in [-0.2, 0) is 14.8 Å². The second-order valence-corrected chi connectivity index (χ2v) is 7.75. The number of carbonyl (C=O) groups is 1. The molecule has 1 aliphatic rings. The van der Waals surface area contributed by atoms with E-state index in [-0.39, 0.29) is 18.9 Å². The molecular formula is C15H21F2N3O3S. The van der Waals surface area contributed by atoms with E-state index in [1.165, 1.54) is 0 Å². The number of para-hydroxylation sites is 1. The van der Waals surface area contributed by atoms with Crippen LogP contribution in [0.3, 0.4) is 0 Å². The number of anilines is 1. The van der Waals surface area contributed by atoms with Crippen LogP contribution in [0.4, 0.5) is 14.5 Å². The average Bonchev–Trinajstić information content (AvgIpc) is 2.49. The first-order chi connectivity index (χ1) is 11.2. The molecule has 1 heterocycles. The predicted molar refractivity (Wildman–Crippen MR) is 87.2 cm³/mol. The van der Waals surface area contributed by atoms with Gasteiger partial charge in [-0.05, 0) is 19.2 Å². The van der Waals surface area contributed by atoms with Gasteiger partial charge in [0.15, 0.2) is 11.6 Å². The molecule has 2 rings (SSSR count). The maximum Gasteiger partial charge on any atom is 0.232 e. The highest BCUT2D eigenvalue weighted by Gasteiger charge is 2.26. The number of benzene rings is 1. The molecule has 0 N–H and O–H groups in total. The second kappa shape index (κ2) is 7.43. The number of amides is 1. The van der Waals surface area contributed by atoms with Crippen LogP contribution in [0, 0.1) is 11.6 Å². The normalized spacial score (nSPS) is 16.2. The zero-order valence-electron chi connectivity index (χ0n) is 13.7. The third kappa shape index (κ3) is 4.41. The molecule has 6 nitrogen and oxygen atoms in total. The molecule has 1 saturated heterocycles. The summed E-state index contributed by atoms with van der Waals surface area (Å²) in [6.07, 6.45) is 0.726. The zero-order chi connectivity index (χ0) is 17.9. The minimum atomic E-state index is -3.92. The average molecular weight is 361 g/mol. The molecule has 0 saturated carbocycles. The Morgan fingerprint density at radius 3 is 2.21 bits per heavy atom. The van der Waals surface area contributed by atoms with Crippen LogP contribution in [0.25, 0.3) is 0 Å². The van der Waals surface area contributed by atoms with E-state index in [2.05, 4.69) is 4.90 Å². The number of sulfonamides is 1. The minimum absolute atomic E-state index is 0.134. The van der Waals surface area contributed by atoms with Crippen LogP contribution in [0.1, 0.15) is 6.42 Å². The Hall–Kier alpha value is -1.74. The van der Waals surface area contributed by atoms with E-state index in [4.69, 9.17) is 0 Å². The number of hydrogen-bond donors (Lipinski definition) is 0. The van der Waals surface area contributed by atoms with Crippen LogP contribution in [0.15, 0.2) is 18.2 Å². The van der Waals surface area contributed by atoms with Gasteiger partial charge in [0.2, 0.25) is 15.9 Å². The number of hydrogen-bond acceptors (Lipinski definition) is 4. The summed E-state index contributed by atoms with van der Waals surface area (Å²) >= 11 is 0. The fourth-order valence-corrected chi connectivity index (χ4v) is 3.51. The molecule has 1 aromatic rings. The van der Waals surface area contributed by atoms with E-state index in [9.17, 15) is 22.0 Å². The maximum atomic E-state index is 13.9. The summed E-state index contributed by atoms with van der Waals surface area (Å²) in [7, 11) is -1.97. The molecule has 24 heavy (non-hydrogen) atoms. The van der Waals surface area contributed by atoms with Crippen LogP contribution in [0.5, 0.6) is 0 Å². The first-order valence-corrected chi connectivity index (χ1v) is 9.43. The van der Waals surface area contributed by atoms with Crippen molar-refractivity contribution in [3.63, 3.8) is 0 Å². The van der Waals surface area contributed by atoms with Crippen LogP contribution in [0.2, 0.25) is 0 Å². The van der Waals surface area contributed by atoms with Crippen molar-refractivity contribution in [2.45, 2.75) is 6.42 Å². The molecule has 0 atom stereocenters. The maximum absolute atomic E-state index is 13.9. The highest BCUT2D eigenvalue weighted by molar-refractivity contribution is 7.92. The second-order valence-electron chi connectivity index (χ2n) is 5.84. The lowest BCUT2D eigenvalue weighted by molar-refractivity contribution is -0.132. The van der Waals surface area contributed by atoms with Crippen molar-refractivity contribution in [3.05, 3.63) is 29.8 Å². The van der Waals surface area contributed by atoms with Gasteiger partial charge in [-0.15, -0.1) is 0 Å². The minimum Gasteiger partial charge on any atom is -0.340 e. The van der Waals surface area contributed by atoms with Crippen molar-refractivity contribution in [1.29, 1.82) is 0 Å². The van der Waals surface area contributed by atoms with Crippen molar-refractivity contribution in [3.8, 4) is 0 Å². The monoisotopic (exact) mass is 361 g/mol. The predicted octanol–water partition coefficient (Wildman–Crippen LogP) is 0.895. The van der Waals surface area contributed by atoms with Gasteiger partial charge in [-0.3, -0.25) is 9.10 Å². The van der Waals surface area contributed by atoms with Gasteiger partial charge in [-0.25, -0.2) is 17.2 Å². The third-order valence-corrected chi connectivity index (χ3v) is 5.14. The van der Waals surface area contributed by atoms with Gasteiger partial charge in [0.05, 0.1) is 6.26 Å². The quantitative estimate of drug-likeness (QED) is 0.782. The Balaban J connectivity index is 2.12. The Labute approximate surface area is 140 Å². The third-order valence-electron chi connectivity index (χ3n) is 3.97. The molecule has 0 spiro atoms. The number of rotatable bonds is 5. The SMILES string of the molecule is CN1CCN(C(=O)CCN(c2c(F)cccc2F)S(C)(=O)=O)CC1. The Morgan fingerprint density at radius 1 is 1.17 bits per heavy atom. The molecule has 1 aliphatic heterocycles. The summed E-state index contributed by atoms with van der Waals surface area (Å²) < 4.78 is 52.3. The molecule has 1 fully saturated rings.